The second-order valence-electron chi connectivity index (χ2n) is 10.2. The van der Waals surface area contributed by atoms with Gasteiger partial charge in [-0.2, -0.15) is 0 Å². The lowest BCUT2D eigenvalue weighted by atomic mass is 9.94. The lowest BCUT2D eigenvalue weighted by Gasteiger charge is -2.36. The number of piperidine rings is 1. The predicted molar refractivity (Wildman–Crippen MR) is 157 cm³/mol. The zero-order valence-corrected chi connectivity index (χ0v) is 25.3. The first-order valence-corrected chi connectivity index (χ1v) is 14.8. The molecule has 8 nitrogen and oxygen atoms in total. The summed E-state index contributed by atoms with van der Waals surface area (Å²) in [6.07, 6.45) is 2.46. The van der Waals surface area contributed by atoms with Crippen LogP contribution >= 0.6 is 15.9 Å². The van der Waals surface area contributed by atoms with Gasteiger partial charge in [-0.3, -0.25) is 9.69 Å². The number of ketones is 1. The number of likely N-dealkylation sites (tertiary alicyclic amines) is 1. The van der Waals surface area contributed by atoms with Crippen LogP contribution in [0.15, 0.2) is 41.0 Å². The summed E-state index contributed by atoms with van der Waals surface area (Å²) < 4.78 is 25.9. The molecule has 2 aliphatic rings. The highest BCUT2D eigenvalue weighted by Crippen LogP contribution is 2.38. The van der Waals surface area contributed by atoms with Crippen LogP contribution in [-0.2, 0) is 40.2 Å². The maximum atomic E-state index is 12.7. The molecule has 5 rings (SSSR count). The van der Waals surface area contributed by atoms with E-state index in [1.165, 1.54) is 16.7 Å². The molecule has 0 N–H and O–H groups in total. The van der Waals surface area contributed by atoms with Crippen LogP contribution in [0.25, 0.3) is 11.4 Å². The molecule has 3 aromatic rings. The van der Waals surface area contributed by atoms with Crippen molar-refractivity contribution in [2.45, 2.75) is 65.0 Å². The van der Waals surface area contributed by atoms with Gasteiger partial charge < -0.3 is 23.5 Å². The number of hydrogen-bond donors (Lipinski definition) is 0. The Balaban J connectivity index is 1.57. The van der Waals surface area contributed by atoms with Crippen molar-refractivity contribution in [3.05, 3.63) is 63.4 Å². The summed E-state index contributed by atoms with van der Waals surface area (Å²) in [6, 6.07) is 12.3. The van der Waals surface area contributed by atoms with E-state index >= 15 is 0 Å². The maximum absolute atomic E-state index is 12.7. The Morgan fingerprint density at radius 3 is 2.38 bits per heavy atom. The molecule has 1 aromatic heterocycles. The monoisotopic (exact) mass is 611 g/mol. The van der Waals surface area contributed by atoms with E-state index in [4.69, 9.17) is 23.9 Å². The van der Waals surface area contributed by atoms with E-state index in [-0.39, 0.29) is 18.1 Å². The molecular weight excluding hydrogens is 574 g/mol. The van der Waals surface area contributed by atoms with Crippen molar-refractivity contribution in [3.8, 4) is 22.9 Å². The number of nitrogens with zero attached hydrogens (tertiary/aromatic N) is 3. The quantitative estimate of drug-likeness (QED) is 0.290. The predicted octanol–water partition coefficient (Wildman–Crippen LogP) is 5.73. The molecule has 9 heteroatoms. The second kappa shape index (κ2) is 12.9. The number of aromatic nitrogens is 2. The Hall–Kier alpha value is -2.72. The molecule has 0 radical (unpaired) electrons. The van der Waals surface area contributed by atoms with Crippen LogP contribution in [0.4, 0.5) is 0 Å². The minimum atomic E-state index is -0.331. The van der Waals surface area contributed by atoms with Crippen molar-refractivity contribution >= 4 is 21.7 Å². The topological polar surface area (TPSA) is 75.1 Å². The highest BCUT2D eigenvalue weighted by Gasteiger charge is 2.32. The highest BCUT2D eigenvalue weighted by molar-refractivity contribution is 9.10. The van der Waals surface area contributed by atoms with Gasteiger partial charge in [0.05, 0.1) is 39.7 Å². The van der Waals surface area contributed by atoms with Gasteiger partial charge in [-0.25, -0.2) is 4.98 Å². The van der Waals surface area contributed by atoms with Gasteiger partial charge in [-0.05, 0) is 57.6 Å². The van der Waals surface area contributed by atoms with E-state index in [1.54, 1.807) is 14.2 Å². The van der Waals surface area contributed by atoms with Crippen LogP contribution in [0.2, 0.25) is 0 Å². The fraction of sp³-hybridized carbons (Fsp3) is 0.484. The molecule has 0 spiro atoms. The molecule has 2 aromatic carbocycles. The summed E-state index contributed by atoms with van der Waals surface area (Å²) in [4.78, 5) is 20.1. The van der Waals surface area contributed by atoms with Gasteiger partial charge in [0.2, 0.25) is 0 Å². The Bertz CT molecular complexity index is 1330. The molecule has 0 amide bonds. The van der Waals surface area contributed by atoms with Gasteiger partial charge in [0, 0.05) is 37.5 Å². The summed E-state index contributed by atoms with van der Waals surface area (Å²) in [6.45, 7) is 7.36. The third kappa shape index (κ3) is 5.84. The smallest absolute Gasteiger partial charge is 0.175 e. The number of imidazole rings is 1. The van der Waals surface area contributed by atoms with Crippen LogP contribution in [0.5, 0.6) is 11.5 Å². The van der Waals surface area contributed by atoms with Crippen molar-refractivity contribution < 1.29 is 23.7 Å². The van der Waals surface area contributed by atoms with Crippen molar-refractivity contribution in [1.29, 1.82) is 0 Å². The molecule has 3 heterocycles. The molecule has 214 valence electrons. The largest absolute Gasteiger partial charge is 0.493 e. The van der Waals surface area contributed by atoms with Crippen LogP contribution in [0, 0.1) is 0 Å². The fourth-order valence-electron chi connectivity index (χ4n) is 5.83. The molecule has 2 aliphatic heterocycles. The van der Waals surface area contributed by atoms with E-state index in [0.717, 1.165) is 34.5 Å². The van der Waals surface area contributed by atoms with Gasteiger partial charge in [0.1, 0.15) is 16.2 Å². The van der Waals surface area contributed by atoms with Crippen LogP contribution in [0.1, 0.15) is 55.1 Å². The summed E-state index contributed by atoms with van der Waals surface area (Å²) in [5, 5.41) is 0. The normalized spacial score (nSPS) is 18.4. The number of methoxy groups -OCH3 is 2. The minimum absolute atomic E-state index is 0.0899. The number of carbonyl (C=O) groups excluding carboxylic acids is 1. The number of benzene rings is 2. The zero-order chi connectivity index (χ0) is 28.2. The number of halogens is 1. The van der Waals surface area contributed by atoms with Gasteiger partial charge in [-0.15, -0.1) is 0 Å². The lowest BCUT2D eigenvalue weighted by Crippen LogP contribution is -2.37. The minimum Gasteiger partial charge on any atom is -0.493 e. The summed E-state index contributed by atoms with van der Waals surface area (Å²) in [5.74, 6) is 2.51. The summed E-state index contributed by atoms with van der Waals surface area (Å²) >= 11 is 3.82. The van der Waals surface area contributed by atoms with Crippen molar-refractivity contribution in [2.75, 3.05) is 34.0 Å². The molecular formula is C31H38BrN3O5. The van der Waals surface area contributed by atoms with Crippen LogP contribution < -0.4 is 9.47 Å². The van der Waals surface area contributed by atoms with Crippen LogP contribution in [0.3, 0.4) is 0 Å². The second-order valence-corrected chi connectivity index (χ2v) is 11.0. The van der Waals surface area contributed by atoms with Gasteiger partial charge in [-0.1, -0.05) is 38.1 Å². The first-order chi connectivity index (χ1) is 19.5. The number of carbonyl (C=O) groups is 1. The molecule has 2 saturated heterocycles. The van der Waals surface area contributed by atoms with Gasteiger partial charge in [0.25, 0.3) is 0 Å². The Morgan fingerprint density at radius 1 is 1.02 bits per heavy atom. The van der Waals surface area contributed by atoms with Gasteiger partial charge >= 0.3 is 0 Å². The average Bonchev–Trinajstić information content (AvgIpc) is 3.61. The maximum Gasteiger partial charge on any atom is 0.175 e. The lowest BCUT2D eigenvalue weighted by molar-refractivity contribution is -0.123. The molecule has 1 unspecified atom stereocenters. The Kier molecular flexibility index (Phi) is 9.25. The van der Waals surface area contributed by atoms with E-state index in [1.807, 2.05) is 18.2 Å². The summed E-state index contributed by atoms with van der Waals surface area (Å²) in [5.41, 5.74) is 5.79. The molecule has 1 atom stereocenters. The van der Waals surface area contributed by atoms with Crippen molar-refractivity contribution in [2.24, 2.45) is 0 Å². The molecule has 0 saturated carbocycles. The standard InChI is InChI=1S/C31H38BrN3O5/c1-5-20-8-7-9-21(6-2)29(20)31-33-30(32)25(35(31)19-28-39-14-15-40-28)18-34-13-12-23(36)17-24(34)22-10-11-26(37-3)27(16-22)38-4/h7-11,16,24,28H,5-6,12-15,17-19H2,1-4H3. The van der Waals surface area contributed by atoms with E-state index < -0.39 is 0 Å². The third-order valence-electron chi connectivity index (χ3n) is 7.95. The Morgan fingerprint density at radius 2 is 1.73 bits per heavy atom. The molecule has 0 bridgehead atoms. The number of aryl methyl sites for hydroxylation is 2. The van der Waals surface area contributed by atoms with E-state index in [2.05, 4.69) is 57.4 Å². The van der Waals surface area contributed by atoms with Crippen molar-refractivity contribution in [1.82, 2.24) is 14.5 Å². The Labute approximate surface area is 244 Å². The van der Waals surface area contributed by atoms with Crippen LogP contribution in [-0.4, -0.2) is 60.5 Å². The number of Topliss-reactive ketones (excluding diaryl/α,β-unsaturated/α-hetero) is 1. The van der Waals surface area contributed by atoms with E-state index in [0.29, 0.717) is 57.2 Å². The fourth-order valence-corrected chi connectivity index (χ4v) is 6.34. The molecule has 40 heavy (non-hydrogen) atoms. The number of rotatable bonds is 10. The number of hydrogen-bond acceptors (Lipinski definition) is 7. The summed E-state index contributed by atoms with van der Waals surface area (Å²) in [7, 11) is 3.26. The molecule has 0 aliphatic carbocycles. The first-order valence-electron chi connectivity index (χ1n) is 14.0. The van der Waals surface area contributed by atoms with E-state index in [9.17, 15) is 4.79 Å². The molecule has 2 fully saturated rings. The number of ether oxygens (including phenoxy) is 4. The highest BCUT2D eigenvalue weighted by atomic mass is 79.9. The average molecular weight is 613 g/mol. The van der Waals surface area contributed by atoms with Gasteiger partial charge in [0.15, 0.2) is 17.8 Å². The van der Waals surface area contributed by atoms with Crippen molar-refractivity contribution in [3.63, 3.8) is 0 Å². The first kappa shape index (κ1) is 28.8. The SMILES string of the molecule is CCc1cccc(CC)c1-c1nc(Br)c(CN2CCC(=O)CC2c2ccc(OC)c(OC)c2)n1CC1OCCO1. The zero-order valence-electron chi connectivity index (χ0n) is 23.7. The third-order valence-corrected chi connectivity index (χ3v) is 8.59.